The lowest BCUT2D eigenvalue weighted by Gasteiger charge is -2.07. The fourth-order valence-electron chi connectivity index (χ4n) is 2.52. The number of aromatic nitrogens is 2. The molecule has 0 radical (unpaired) electrons. The molecule has 21 heavy (non-hydrogen) atoms. The minimum Gasteiger partial charge on any atom is -0.481 e. The zero-order valence-electron chi connectivity index (χ0n) is 11.9. The maximum absolute atomic E-state index is 11.2. The van der Waals surface area contributed by atoms with Crippen molar-refractivity contribution in [1.29, 1.82) is 0 Å². The molecule has 4 nitrogen and oxygen atoms in total. The van der Waals surface area contributed by atoms with Crippen molar-refractivity contribution in [2.45, 2.75) is 26.2 Å². The molecule has 0 aliphatic heterocycles. The summed E-state index contributed by atoms with van der Waals surface area (Å²) in [6.45, 7) is 4.08. The molecule has 0 unspecified atom stereocenters. The molecule has 3 aromatic rings. The lowest BCUT2D eigenvalue weighted by molar-refractivity contribution is -0.136. The van der Waals surface area contributed by atoms with Crippen LogP contribution in [0.2, 0.25) is 0 Å². The van der Waals surface area contributed by atoms with E-state index in [0.717, 1.165) is 27.6 Å². The smallest absolute Gasteiger partial charge is 0.309 e. The van der Waals surface area contributed by atoms with Crippen LogP contribution in [-0.2, 0) is 11.2 Å². The third-order valence-electron chi connectivity index (χ3n) is 3.42. The molecule has 0 aliphatic carbocycles. The number of hydrogen-bond donors (Lipinski definition) is 1. The molecule has 0 fully saturated rings. The normalized spacial score (nSPS) is 11.4. The lowest BCUT2D eigenvalue weighted by atomic mass is 10.1. The van der Waals surface area contributed by atoms with E-state index in [1.165, 1.54) is 0 Å². The highest BCUT2D eigenvalue weighted by Crippen LogP contribution is 2.31. The predicted octanol–water partition coefficient (Wildman–Crippen LogP) is 3.81. The molecule has 0 aliphatic rings. The highest BCUT2D eigenvalue weighted by atomic mass is 32.1. The molecule has 2 aromatic heterocycles. The summed E-state index contributed by atoms with van der Waals surface area (Å²) in [5.74, 6) is -0.626. The van der Waals surface area contributed by atoms with Crippen LogP contribution in [0.4, 0.5) is 0 Å². The summed E-state index contributed by atoms with van der Waals surface area (Å²) >= 11 is 1.55. The van der Waals surface area contributed by atoms with E-state index in [2.05, 4.69) is 4.98 Å². The number of nitrogens with zero attached hydrogens (tertiary/aromatic N) is 2. The lowest BCUT2D eigenvalue weighted by Crippen LogP contribution is -2.07. The summed E-state index contributed by atoms with van der Waals surface area (Å²) in [6, 6.07) is 9.99. The summed E-state index contributed by atoms with van der Waals surface area (Å²) in [6.07, 6.45) is -0.00868. The fraction of sp³-hybridized carbons (Fsp3) is 0.250. The first kappa shape index (κ1) is 13.8. The van der Waals surface area contributed by atoms with Crippen molar-refractivity contribution in [2.24, 2.45) is 0 Å². The van der Waals surface area contributed by atoms with Crippen LogP contribution < -0.4 is 0 Å². The van der Waals surface area contributed by atoms with Crippen molar-refractivity contribution in [3.8, 4) is 11.3 Å². The van der Waals surface area contributed by atoms with Gasteiger partial charge in [0.15, 0.2) is 4.96 Å². The Balaban J connectivity index is 2.26. The van der Waals surface area contributed by atoms with Crippen molar-refractivity contribution in [3.63, 3.8) is 0 Å². The van der Waals surface area contributed by atoms with Gasteiger partial charge in [-0.1, -0.05) is 44.2 Å². The number of imidazole rings is 1. The van der Waals surface area contributed by atoms with Crippen molar-refractivity contribution < 1.29 is 9.90 Å². The highest BCUT2D eigenvalue weighted by Gasteiger charge is 2.21. The number of rotatable bonds is 4. The number of fused-ring (bicyclic) bond motifs is 1. The van der Waals surface area contributed by atoms with E-state index in [-0.39, 0.29) is 12.3 Å². The summed E-state index contributed by atoms with van der Waals surface area (Å²) in [4.78, 5) is 16.7. The Morgan fingerprint density at radius 3 is 2.67 bits per heavy atom. The monoisotopic (exact) mass is 300 g/mol. The van der Waals surface area contributed by atoms with Gasteiger partial charge in [-0.3, -0.25) is 9.20 Å². The molecule has 0 bridgehead atoms. The van der Waals surface area contributed by atoms with E-state index in [1.54, 1.807) is 11.3 Å². The summed E-state index contributed by atoms with van der Waals surface area (Å²) in [5.41, 5.74) is 3.74. The Bertz CT molecular complexity index is 787. The van der Waals surface area contributed by atoms with Gasteiger partial charge in [-0.15, -0.1) is 11.3 Å². The summed E-state index contributed by atoms with van der Waals surface area (Å²) < 4.78 is 1.99. The maximum atomic E-state index is 11.2. The Hall–Kier alpha value is -2.14. The number of carboxylic acid groups (broad SMARTS) is 1. The quantitative estimate of drug-likeness (QED) is 0.797. The third-order valence-corrected chi connectivity index (χ3v) is 4.25. The Kier molecular flexibility index (Phi) is 3.51. The standard InChI is InChI=1S/C16H16N2O2S/c1-10(2)15-12(8-14(19)20)18-13(9-21-16(18)17-15)11-6-4-3-5-7-11/h3-7,9-10H,8H2,1-2H3,(H,19,20). The molecule has 5 heteroatoms. The van der Waals surface area contributed by atoms with Crippen LogP contribution in [0.25, 0.3) is 16.2 Å². The first-order valence-electron chi connectivity index (χ1n) is 6.84. The first-order chi connectivity index (χ1) is 10.1. The van der Waals surface area contributed by atoms with Crippen LogP contribution in [0.5, 0.6) is 0 Å². The van der Waals surface area contributed by atoms with Crippen LogP contribution in [-0.4, -0.2) is 20.5 Å². The van der Waals surface area contributed by atoms with E-state index in [0.29, 0.717) is 0 Å². The average Bonchev–Trinajstić information content (AvgIpc) is 3.00. The number of carboxylic acids is 1. The second kappa shape index (κ2) is 5.33. The van der Waals surface area contributed by atoms with E-state index in [1.807, 2.05) is 54.0 Å². The molecule has 0 saturated heterocycles. The minimum absolute atomic E-state index is 0.00868. The van der Waals surface area contributed by atoms with E-state index < -0.39 is 5.97 Å². The van der Waals surface area contributed by atoms with Crippen molar-refractivity contribution in [3.05, 3.63) is 47.1 Å². The van der Waals surface area contributed by atoms with Gasteiger partial charge in [0.2, 0.25) is 0 Å². The van der Waals surface area contributed by atoms with Gasteiger partial charge < -0.3 is 5.11 Å². The maximum Gasteiger partial charge on any atom is 0.309 e. The summed E-state index contributed by atoms with van der Waals surface area (Å²) in [7, 11) is 0. The Labute approximate surface area is 126 Å². The van der Waals surface area contributed by atoms with Crippen molar-refractivity contribution >= 4 is 22.3 Å². The topological polar surface area (TPSA) is 54.6 Å². The number of carbonyl (C=O) groups is 1. The number of hydrogen-bond acceptors (Lipinski definition) is 3. The van der Waals surface area contributed by atoms with Crippen LogP contribution in [0.3, 0.4) is 0 Å². The second-order valence-electron chi connectivity index (χ2n) is 5.27. The third kappa shape index (κ3) is 2.45. The van der Waals surface area contributed by atoms with Crippen LogP contribution in [0, 0.1) is 0 Å². The number of aliphatic carboxylic acids is 1. The molecule has 1 aromatic carbocycles. The molecule has 2 heterocycles. The highest BCUT2D eigenvalue weighted by molar-refractivity contribution is 7.15. The molecule has 108 valence electrons. The molecule has 1 N–H and O–H groups in total. The van der Waals surface area contributed by atoms with Gasteiger partial charge in [-0.05, 0) is 11.5 Å². The fourth-order valence-corrected chi connectivity index (χ4v) is 3.44. The molecule has 0 spiro atoms. The van der Waals surface area contributed by atoms with Gasteiger partial charge in [-0.2, -0.15) is 0 Å². The van der Waals surface area contributed by atoms with E-state index >= 15 is 0 Å². The van der Waals surface area contributed by atoms with Gasteiger partial charge in [0, 0.05) is 5.38 Å². The van der Waals surface area contributed by atoms with Gasteiger partial charge in [0.05, 0.1) is 23.5 Å². The summed E-state index contributed by atoms with van der Waals surface area (Å²) in [5, 5.41) is 11.2. The number of thiazole rings is 1. The molecular formula is C16H16N2O2S. The van der Waals surface area contributed by atoms with Gasteiger partial charge in [0.1, 0.15) is 0 Å². The van der Waals surface area contributed by atoms with Crippen LogP contribution in [0.15, 0.2) is 35.7 Å². The van der Waals surface area contributed by atoms with Crippen molar-refractivity contribution in [2.75, 3.05) is 0 Å². The average molecular weight is 300 g/mol. The SMILES string of the molecule is CC(C)c1nc2scc(-c3ccccc3)n2c1CC(=O)O. The van der Waals surface area contributed by atoms with Gasteiger partial charge in [-0.25, -0.2) is 4.98 Å². The molecular weight excluding hydrogens is 284 g/mol. The zero-order valence-corrected chi connectivity index (χ0v) is 12.7. The molecule has 0 saturated carbocycles. The molecule has 3 rings (SSSR count). The van der Waals surface area contributed by atoms with Crippen molar-refractivity contribution in [1.82, 2.24) is 9.38 Å². The van der Waals surface area contributed by atoms with Gasteiger partial charge in [0.25, 0.3) is 0 Å². The number of benzene rings is 1. The minimum atomic E-state index is -0.830. The van der Waals surface area contributed by atoms with E-state index in [4.69, 9.17) is 0 Å². The van der Waals surface area contributed by atoms with Crippen LogP contribution >= 0.6 is 11.3 Å². The Morgan fingerprint density at radius 1 is 1.33 bits per heavy atom. The first-order valence-corrected chi connectivity index (χ1v) is 7.72. The second-order valence-corrected chi connectivity index (χ2v) is 6.11. The van der Waals surface area contributed by atoms with E-state index in [9.17, 15) is 9.90 Å². The van der Waals surface area contributed by atoms with Crippen LogP contribution in [0.1, 0.15) is 31.2 Å². The molecule has 0 atom stereocenters. The predicted molar refractivity (Wildman–Crippen MR) is 83.9 cm³/mol. The zero-order chi connectivity index (χ0) is 15.0. The molecule has 0 amide bonds. The van der Waals surface area contributed by atoms with Gasteiger partial charge >= 0.3 is 5.97 Å². The Morgan fingerprint density at radius 2 is 2.05 bits per heavy atom. The largest absolute Gasteiger partial charge is 0.481 e.